The smallest absolute Gasteiger partial charge is 0.250 e. The number of thiophene rings is 1. The molecule has 0 aromatic carbocycles. The molecular weight excluding hydrogens is 358 g/mol. The summed E-state index contributed by atoms with van der Waals surface area (Å²) in [5.41, 5.74) is 0. The fourth-order valence-corrected chi connectivity index (χ4v) is 4.49. The lowest BCUT2D eigenvalue weighted by atomic mass is 10.5. The maximum absolute atomic E-state index is 12.1. The number of sulfonamides is 1. The molecule has 0 atom stereocenters. The van der Waals surface area contributed by atoms with E-state index in [1.807, 2.05) is 38.4 Å². The molecule has 0 spiro atoms. The SMILES string of the molecule is CCNC(=NCCNS(=O)(=O)c1ccc(C)s1)NCCn1cccc1. The van der Waals surface area contributed by atoms with Crippen LogP contribution in [0.4, 0.5) is 0 Å². The Balaban J connectivity index is 1.78. The van der Waals surface area contributed by atoms with Gasteiger partial charge in [-0.05, 0) is 38.1 Å². The van der Waals surface area contributed by atoms with Gasteiger partial charge in [-0.25, -0.2) is 13.1 Å². The minimum absolute atomic E-state index is 0.257. The highest BCUT2D eigenvalue weighted by atomic mass is 32.2. The Morgan fingerprint density at radius 1 is 1.20 bits per heavy atom. The Hall–Kier alpha value is -1.84. The van der Waals surface area contributed by atoms with E-state index in [1.54, 1.807) is 12.1 Å². The Kier molecular flexibility index (Phi) is 7.48. The van der Waals surface area contributed by atoms with Gasteiger partial charge in [0.15, 0.2) is 5.96 Å². The summed E-state index contributed by atoms with van der Waals surface area (Å²) >= 11 is 1.26. The van der Waals surface area contributed by atoms with Crippen LogP contribution in [-0.4, -0.2) is 45.1 Å². The van der Waals surface area contributed by atoms with E-state index >= 15 is 0 Å². The van der Waals surface area contributed by atoms with Gasteiger partial charge in [0, 0.05) is 43.4 Å². The van der Waals surface area contributed by atoms with Crippen molar-refractivity contribution in [1.29, 1.82) is 0 Å². The minimum Gasteiger partial charge on any atom is -0.357 e. The van der Waals surface area contributed by atoms with Crippen LogP contribution in [0.5, 0.6) is 0 Å². The van der Waals surface area contributed by atoms with Crippen LogP contribution < -0.4 is 15.4 Å². The average molecular weight is 384 g/mol. The summed E-state index contributed by atoms with van der Waals surface area (Å²) in [5, 5.41) is 6.38. The van der Waals surface area contributed by atoms with E-state index in [0.717, 1.165) is 24.5 Å². The molecule has 0 saturated carbocycles. The highest BCUT2D eigenvalue weighted by molar-refractivity contribution is 7.91. The monoisotopic (exact) mass is 383 g/mol. The summed E-state index contributed by atoms with van der Waals surface area (Å²) < 4.78 is 29.3. The molecule has 0 aliphatic heterocycles. The standard InChI is InChI=1S/C16H25N5O2S2/c1-3-17-16(19-10-13-21-11-4-5-12-21)18-8-9-20-25(22,23)15-7-6-14(2)24-15/h4-7,11-12,20H,3,8-10,13H2,1-2H3,(H2,17,18,19). The molecule has 0 aliphatic carbocycles. The van der Waals surface area contributed by atoms with E-state index in [1.165, 1.54) is 11.3 Å². The van der Waals surface area contributed by atoms with Gasteiger partial charge >= 0.3 is 0 Å². The summed E-state index contributed by atoms with van der Waals surface area (Å²) in [5.74, 6) is 0.681. The third kappa shape index (κ3) is 6.52. The zero-order chi connectivity index (χ0) is 18.1. The summed E-state index contributed by atoms with van der Waals surface area (Å²) in [6.07, 6.45) is 4.01. The number of nitrogens with zero attached hydrogens (tertiary/aromatic N) is 2. The molecule has 25 heavy (non-hydrogen) atoms. The summed E-state index contributed by atoms with van der Waals surface area (Å²) in [4.78, 5) is 5.37. The van der Waals surface area contributed by atoms with E-state index in [4.69, 9.17) is 0 Å². The number of aryl methyl sites for hydroxylation is 1. The number of nitrogens with one attached hydrogen (secondary N) is 3. The van der Waals surface area contributed by atoms with Crippen molar-refractivity contribution in [3.8, 4) is 0 Å². The number of aromatic nitrogens is 1. The van der Waals surface area contributed by atoms with E-state index in [-0.39, 0.29) is 6.54 Å². The number of aliphatic imine (C=N–C) groups is 1. The highest BCUT2D eigenvalue weighted by Crippen LogP contribution is 2.19. The molecular formula is C16H25N5O2S2. The molecule has 0 radical (unpaired) electrons. The van der Waals surface area contributed by atoms with Crippen molar-refractivity contribution in [2.45, 2.75) is 24.6 Å². The molecule has 0 unspecified atom stereocenters. The van der Waals surface area contributed by atoms with E-state index in [9.17, 15) is 8.42 Å². The first-order chi connectivity index (χ1) is 12.0. The molecule has 2 aromatic rings. The predicted octanol–water partition coefficient (Wildman–Crippen LogP) is 1.39. The van der Waals surface area contributed by atoms with Gasteiger partial charge in [-0.2, -0.15) is 0 Å². The van der Waals surface area contributed by atoms with Gasteiger partial charge in [0.05, 0.1) is 6.54 Å². The number of hydrogen-bond donors (Lipinski definition) is 3. The van der Waals surface area contributed by atoms with Crippen molar-refractivity contribution in [3.05, 3.63) is 41.5 Å². The maximum Gasteiger partial charge on any atom is 0.250 e. The Morgan fingerprint density at radius 2 is 1.96 bits per heavy atom. The normalized spacial score (nSPS) is 12.3. The molecule has 2 aromatic heterocycles. The van der Waals surface area contributed by atoms with Crippen LogP contribution >= 0.6 is 11.3 Å². The first-order valence-electron chi connectivity index (χ1n) is 8.20. The van der Waals surface area contributed by atoms with E-state index in [0.29, 0.717) is 16.7 Å². The molecule has 0 bridgehead atoms. The van der Waals surface area contributed by atoms with Gasteiger partial charge in [0.2, 0.25) is 10.0 Å². The summed E-state index contributed by atoms with van der Waals surface area (Å²) in [6.45, 7) is 6.81. The molecule has 138 valence electrons. The fraction of sp³-hybridized carbons (Fsp3) is 0.438. The van der Waals surface area contributed by atoms with Crippen LogP contribution in [0.1, 0.15) is 11.8 Å². The molecule has 2 rings (SSSR count). The molecule has 0 fully saturated rings. The van der Waals surface area contributed by atoms with Gasteiger partial charge in [-0.3, -0.25) is 4.99 Å². The van der Waals surface area contributed by atoms with Crippen LogP contribution in [0.3, 0.4) is 0 Å². The molecule has 0 amide bonds. The van der Waals surface area contributed by atoms with Crippen LogP contribution in [0.15, 0.2) is 45.9 Å². The minimum atomic E-state index is -3.44. The highest BCUT2D eigenvalue weighted by Gasteiger charge is 2.14. The van der Waals surface area contributed by atoms with Gasteiger partial charge < -0.3 is 15.2 Å². The van der Waals surface area contributed by atoms with E-state index < -0.39 is 10.0 Å². The second-order valence-corrected chi connectivity index (χ2v) is 8.65. The predicted molar refractivity (Wildman–Crippen MR) is 103 cm³/mol. The van der Waals surface area contributed by atoms with Crippen molar-refractivity contribution in [1.82, 2.24) is 19.9 Å². The van der Waals surface area contributed by atoms with Crippen LogP contribution in [0, 0.1) is 6.92 Å². The number of guanidine groups is 1. The topological polar surface area (TPSA) is 87.5 Å². The fourth-order valence-electron chi connectivity index (χ4n) is 2.14. The molecule has 9 heteroatoms. The molecule has 7 nitrogen and oxygen atoms in total. The summed E-state index contributed by atoms with van der Waals surface area (Å²) in [7, 11) is -3.44. The number of rotatable bonds is 9. The van der Waals surface area contributed by atoms with Gasteiger partial charge in [-0.1, -0.05) is 0 Å². The van der Waals surface area contributed by atoms with Crippen LogP contribution in [-0.2, 0) is 16.6 Å². The quantitative estimate of drug-likeness (QED) is 0.347. The van der Waals surface area contributed by atoms with Crippen LogP contribution in [0.25, 0.3) is 0 Å². The largest absolute Gasteiger partial charge is 0.357 e. The molecule has 0 saturated heterocycles. The second kappa shape index (κ2) is 9.59. The zero-order valence-electron chi connectivity index (χ0n) is 14.5. The number of hydrogen-bond acceptors (Lipinski definition) is 4. The maximum atomic E-state index is 12.1. The lowest BCUT2D eigenvalue weighted by Gasteiger charge is -2.12. The van der Waals surface area contributed by atoms with Crippen molar-refractivity contribution >= 4 is 27.3 Å². The zero-order valence-corrected chi connectivity index (χ0v) is 16.2. The van der Waals surface area contributed by atoms with Gasteiger partial charge in [-0.15, -0.1) is 11.3 Å². The van der Waals surface area contributed by atoms with Gasteiger partial charge in [0.1, 0.15) is 4.21 Å². The average Bonchev–Trinajstić information content (AvgIpc) is 3.23. The Bertz CT molecular complexity index is 766. The first-order valence-corrected chi connectivity index (χ1v) is 10.5. The van der Waals surface area contributed by atoms with Crippen molar-refractivity contribution < 1.29 is 8.42 Å². The lowest BCUT2D eigenvalue weighted by Crippen LogP contribution is -2.39. The Morgan fingerprint density at radius 3 is 2.60 bits per heavy atom. The third-order valence-electron chi connectivity index (χ3n) is 3.33. The molecule has 3 N–H and O–H groups in total. The second-order valence-electron chi connectivity index (χ2n) is 5.37. The molecule has 2 heterocycles. The van der Waals surface area contributed by atoms with E-state index in [2.05, 4.69) is 24.9 Å². The lowest BCUT2D eigenvalue weighted by molar-refractivity contribution is 0.584. The first kappa shape index (κ1) is 19.5. The third-order valence-corrected chi connectivity index (χ3v) is 6.28. The van der Waals surface area contributed by atoms with Crippen LogP contribution in [0.2, 0.25) is 0 Å². The van der Waals surface area contributed by atoms with Crippen molar-refractivity contribution in [2.75, 3.05) is 26.2 Å². The Labute approximate surface area is 153 Å². The molecule has 0 aliphatic rings. The summed E-state index contributed by atoms with van der Waals surface area (Å²) in [6, 6.07) is 7.40. The van der Waals surface area contributed by atoms with Crippen molar-refractivity contribution in [2.24, 2.45) is 4.99 Å². The van der Waals surface area contributed by atoms with Crippen molar-refractivity contribution in [3.63, 3.8) is 0 Å². The van der Waals surface area contributed by atoms with Gasteiger partial charge in [0.25, 0.3) is 0 Å².